The van der Waals surface area contributed by atoms with Crippen molar-refractivity contribution in [2.75, 3.05) is 11.6 Å². The molecule has 1 aliphatic rings. The molecule has 1 aliphatic heterocycles. The first-order chi connectivity index (χ1) is 7.11. The summed E-state index contributed by atoms with van der Waals surface area (Å²) in [4.78, 5) is 0. The molecule has 1 aromatic heterocycles. The van der Waals surface area contributed by atoms with Crippen molar-refractivity contribution in [2.24, 2.45) is 0 Å². The predicted octanol–water partition coefficient (Wildman–Crippen LogP) is 1.65. The molecule has 0 saturated carbocycles. The van der Waals surface area contributed by atoms with Gasteiger partial charge in [0.2, 0.25) is 0 Å². The highest BCUT2D eigenvalue weighted by molar-refractivity contribution is 5.01. The molecule has 15 heavy (non-hydrogen) atoms. The van der Waals surface area contributed by atoms with E-state index in [1.807, 2.05) is 0 Å². The molecule has 0 radical (unpaired) electrons. The first-order valence-corrected chi connectivity index (χ1v) is 5.99. The van der Waals surface area contributed by atoms with Crippen LogP contribution in [-0.2, 0) is 6.42 Å². The van der Waals surface area contributed by atoms with Crippen molar-refractivity contribution >= 4 is 0 Å². The molecule has 3 heteroatoms. The highest BCUT2D eigenvalue weighted by Gasteiger charge is 2.28. The zero-order chi connectivity index (χ0) is 11.0. The largest absolute Gasteiger partial charge is 0.280 e. The number of nitrogens with zero attached hydrogens (tertiary/aromatic N) is 3. The maximum absolute atomic E-state index is 2.44. The normalized spacial score (nSPS) is 16.3. The maximum Gasteiger partial charge on any atom is 0.280 e. The zero-order valence-electron chi connectivity index (χ0n) is 10.3. The third-order valence-electron chi connectivity index (χ3n) is 3.15. The Morgan fingerprint density at radius 3 is 2.60 bits per heavy atom. The summed E-state index contributed by atoms with van der Waals surface area (Å²) < 4.78 is 4.72. The standard InChI is InChI=1S/C12H22N3/c1-10(2)13-8-9-15-12(13)6-5-7-14(15)11(3)4/h8-11H,5-7H2,1-4H3/q+1. The molecule has 0 bridgehead atoms. The van der Waals surface area contributed by atoms with E-state index >= 15 is 0 Å². The van der Waals surface area contributed by atoms with Crippen LogP contribution in [0.25, 0.3) is 0 Å². The van der Waals surface area contributed by atoms with Gasteiger partial charge in [-0.2, -0.15) is 0 Å². The lowest BCUT2D eigenvalue weighted by molar-refractivity contribution is -0.723. The van der Waals surface area contributed by atoms with Crippen LogP contribution < -0.4 is 9.58 Å². The van der Waals surface area contributed by atoms with Crippen molar-refractivity contribution in [3.63, 3.8) is 0 Å². The highest BCUT2D eigenvalue weighted by Crippen LogP contribution is 2.13. The second kappa shape index (κ2) is 3.87. The van der Waals surface area contributed by atoms with Gasteiger partial charge in [0.25, 0.3) is 5.82 Å². The second-order valence-corrected chi connectivity index (χ2v) is 4.92. The Balaban J connectivity index is 2.38. The second-order valence-electron chi connectivity index (χ2n) is 4.92. The van der Waals surface area contributed by atoms with Crippen molar-refractivity contribution in [1.82, 2.24) is 4.68 Å². The van der Waals surface area contributed by atoms with E-state index in [1.165, 1.54) is 25.2 Å². The lowest BCUT2D eigenvalue weighted by Gasteiger charge is -2.29. The average Bonchev–Trinajstić information content (AvgIpc) is 2.59. The van der Waals surface area contributed by atoms with Gasteiger partial charge in [-0.05, 0) is 34.1 Å². The number of hydrogen-bond acceptors (Lipinski definition) is 1. The van der Waals surface area contributed by atoms with Crippen LogP contribution in [-0.4, -0.2) is 17.3 Å². The van der Waals surface area contributed by atoms with Gasteiger partial charge in [0, 0.05) is 0 Å². The zero-order valence-corrected chi connectivity index (χ0v) is 10.3. The molecule has 0 amide bonds. The summed E-state index contributed by atoms with van der Waals surface area (Å²) in [6.07, 6.45) is 6.89. The predicted molar refractivity (Wildman–Crippen MR) is 61.6 cm³/mol. The topological polar surface area (TPSA) is 12.1 Å². The molecule has 1 aromatic rings. The van der Waals surface area contributed by atoms with Crippen LogP contribution in [0.15, 0.2) is 12.4 Å². The van der Waals surface area contributed by atoms with Gasteiger partial charge in [-0.15, -0.1) is 4.68 Å². The first-order valence-electron chi connectivity index (χ1n) is 5.99. The molecule has 0 saturated heterocycles. The van der Waals surface area contributed by atoms with Crippen LogP contribution >= 0.6 is 0 Å². The number of imidazole rings is 1. The van der Waals surface area contributed by atoms with Crippen LogP contribution in [0.2, 0.25) is 0 Å². The maximum atomic E-state index is 2.44. The van der Waals surface area contributed by atoms with Crippen LogP contribution in [0.4, 0.5) is 0 Å². The van der Waals surface area contributed by atoms with E-state index in [1.54, 1.807) is 0 Å². The molecule has 0 atom stereocenters. The fourth-order valence-electron chi connectivity index (χ4n) is 2.39. The number of fused-ring (bicyclic) bond motifs is 1. The van der Waals surface area contributed by atoms with E-state index in [0.29, 0.717) is 12.1 Å². The molecule has 2 heterocycles. The Labute approximate surface area is 92.3 Å². The molecule has 0 N–H and O–H groups in total. The van der Waals surface area contributed by atoms with Crippen molar-refractivity contribution in [1.29, 1.82) is 0 Å². The summed E-state index contributed by atoms with van der Waals surface area (Å²) in [5, 5.41) is 2.44. The van der Waals surface area contributed by atoms with Gasteiger partial charge >= 0.3 is 0 Å². The van der Waals surface area contributed by atoms with E-state index in [0.717, 1.165) is 0 Å². The van der Waals surface area contributed by atoms with E-state index < -0.39 is 0 Å². The molecule has 0 aromatic carbocycles. The van der Waals surface area contributed by atoms with Crippen molar-refractivity contribution < 1.29 is 4.57 Å². The molecule has 0 unspecified atom stereocenters. The van der Waals surface area contributed by atoms with E-state index in [4.69, 9.17) is 0 Å². The summed E-state index contributed by atoms with van der Waals surface area (Å²) >= 11 is 0. The summed E-state index contributed by atoms with van der Waals surface area (Å²) in [6, 6.07) is 1.14. The Bertz CT molecular complexity index is 339. The summed E-state index contributed by atoms with van der Waals surface area (Å²) in [5.74, 6) is 1.45. The Morgan fingerprint density at radius 2 is 2.00 bits per heavy atom. The Kier molecular flexibility index (Phi) is 2.72. The molecule has 0 spiro atoms. The lowest BCUT2D eigenvalue weighted by Crippen LogP contribution is -2.49. The highest BCUT2D eigenvalue weighted by atomic mass is 15.6. The lowest BCUT2D eigenvalue weighted by atomic mass is 10.2. The van der Waals surface area contributed by atoms with Crippen LogP contribution in [0, 0.1) is 0 Å². The van der Waals surface area contributed by atoms with Gasteiger partial charge in [-0.3, -0.25) is 0 Å². The van der Waals surface area contributed by atoms with Crippen molar-refractivity contribution in [2.45, 2.75) is 52.6 Å². The minimum atomic E-state index is 0.563. The number of hydrogen-bond donors (Lipinski definition) is 0. The average molecular weight is 208 g/mol. The third-order valence-corrected chi connectivity index (χ3v) is 3.15. The molecular formula is C12H22N3+. The van der Waals surface area contributed by atoms with Crippen molar-refractivity contribution in [3.05, 3.63) is 18.2 Å². The quantitative estimate of drug-likeness (QED) is 0.673. The fraction of sp³-hybridized carbons (Fsp3) is 0.750. The molecule has 2 rings (SSSR count). The van der Waals surface area contributed by atoms with Crippen molar-refractivity contribution in [3.8, 4) is 0 Å². The summed E-state index contributed by atoms with van der Waals surface area (Å²) in [5.41, 5.74) is 0. The molecule has 0 fully saturated rings. The van der Waals surface area contributed by atoms with Gasteiger partial charge in [0.05, 0.1) is 25.0 Å². The minimum absolute atomic E-state index is 0.563. The van der Waals surface area contributed by atoms with E-state index in [9.17, 15) is 0 Å². The fourth-order valence-corrected chi connectivity index (χ4v) is 2.39. The van der Waals surface area contributed by atoms with E-state index in [2.05, 4.69) is 54.3 Å². The van der Waals surface area contributed by atoms with Gasteiger partial charge in [-0.1, -0.05) is 0 Å². The van der Waals surface area contributed by atoms with Crippen LogP contribution in [0.3, 0.4) is 0 Å². The molecule has 0 aliphatic carbocycles. The molecule has 84 valence electrons. The number of aromatic nitrogens is 2. The van der Waals surface area contributed by atoms with Gasteiger partial charge in [0.15, 0.2) is 6.20 Å². The molecule has 3 nitrogen and oxygen atoms in total. The monoisotopic (exact) mass is 208 g/mol. The van der Waals surface area contributed by atoms with E-state index in [-0.39, 0.29) is 0 Å². The smallest absolute Gasteiger partial charge is 0.241 e. The van der Waals surface area contributed by atoms with Gasteiger partial charge in [-0.25, -0.2) is 9.58 Å². The number of rotatable bonds is 2. The SMILES string of the molecule is CC(C)N1CCCc2n1cc[n+]2C(C)C. The summed E-state index contributed by atoms with van der Waals surface area (Å²) in [6.45, 7) is 10.2. The Hall–Kier alpha value is -0.990. The van der Waals surface area contributed by atoms with Crippen LogP contribution in [0.5, 0.6) is 0 Å². The van der Waals surface area contributed by atoms with Crippen LogP contribution in [0.1, 0.15) is 46.0 Å². The first kappa shape index (κ1) is 10.5. The molecular weight excluding hydrogens is 186 g/mol. The summed E-state index contributed by atoms with van der Waals surface area (Å²) in [7, 11) is 0. The van der Waals surface area contributed by atoms with Gasteiger partial charge < -0.3 is 0 Å². The minimum Gasteiger partial charge on any atom is -0.241 e. The van der Waals surface area contributed by atoms with Gasteiger partial charge in [0.1, 0.15) is 6.20 Å². The third kappa shape index (κ3) is 1.75. The Morgan fingerprint density at radius 1 is 1.27 bits per heavy atom.